The number of fused-ring (bicyclic) bond motifs is 2. The second kappa shape index (κ2) is 11.2. The molecule has 0 aromatic heterocycles. The van der Waals surface area contributed by atoms with Gasteiger partial charge in [-0.1, -0.05) is 56.1 Å². The minimum absolute atomic E-state index is 0.0715. The lowest BCUT2D eigenvalue weighted by Gasteiger charge is -2.37. The van der Waals surface area contributed by atoms with Gasteiger partial charge in [0, 0.05) is 29.2 Å². The predicted octanol–water partition coefficient (Wildman–Crippen LogP) is 5.94. The van der Waals surface area contributed by atoms with Gasteiger partial charge in [0.25, 0.3) is 0 Å². The summed E-state index contributed by atoms with van der Waals surface area (Å²) in [7, 11) is 0. The van der Waals surface area contributed by atoms with Crippen LogP contribution in [0.1, 0.15) is 76.3 Å². The molecular formula is C31H38Cl2FN3O3. The topological polar surface area (TPSA) is 90.5 Å². The number of aliphatic hydroxyl groups is 1. The van der Waals surface area contributed by atoms with Gasteiger partial charge in [0.15, 0.2) is 0 Å². The van der Waals surface area contributed by atoms with Crippen LogP contribution < -0.4 is 16.0 Å². The first-order chi connectivity index (χ1) is 18.9. The summed E-state index contributed by atoms with van der Waals surface area (Å²) in [6.07, 6.45) is 4.78. The third-order valence-electron chi connectivity index (χ3n) is 8.79. The quantitative estimate of drug-likeness (QED) is 0.301. The molecule has 1 saturated carbocycles. The number of nitrogens with one attached hydrogen (secondary N) is 3. The molecule has 2 aromatic carbocycles. The maximum atomic E-state index is 15.0. The molecule has 6 nitrogen and oxygen atoms in total. The van der Waals surface area contributed by atoms with Crippen molar-refractivity contribution in [1.82, 2.24) is 10.6 Å². The number of rotatable bonds is 7. The van der Waals surface area contributed by atoms with Crippen molar-refractivity contribution >= 4 is 40.7 Å². The Kier molecular flexibility index (Phi) is 8.23. The van der Waals surface area contributed by atoms with E-state index < -0.39 is 29.2 Å². The Bertz CT molecular complexity index is 1300. The molecule has 6 atom stereocenters. The zero-order valence-corrected chi connectivity index (χ0v) is 24.7. The van der Waals surface area contributed by atoms with E-state index in [1.54, 1.807) is 12.1 Å². The van der Waals surface area contributed by atoms with Crippen molar-refractivity contribution < 1.29 is 19.1 Å². The average molecular weight is 591 g/mol. The summed E-state index contributed by atoms with van der Waals surface area (Å²) in [5, 5.41) is 19.8. The fourth-order valence-corrected chi connectivity index (χ4v) is 7.52. The molecule has 2 aliphatic heterocycles. The summed E-state index contributed by atoms with van der Waals surface area (Å²) < 4.78 is 15.0. The van der Waals surface area contributed by atoms with Crippen LogP contribution in [0.2, 0.25) is 10.0 Å². The van der Waals surface area contributed by atoms with Crippen molar-refractivity contribution in [3.63, 3.8) is 0 Å². The molecule has 9 heteroatoms. The molecule has 1 spiro atoms. The van der Waals surface area contributed by atoms with Crippen molar-refractivity contribution in [3.8, 4) is 0 Å². The highest BCUT2D eigenvalue weighted by Crippen LogP contribution is 2.57. The zero-order valence-electron chi connectivity index (χ0n) is 23.2. The van der Waals surface area contributed by atoms with E-state index in [0.29, 0.717) is 35.2 Å². The van der Waals surface area contributed by atoms with E-state index in [9.17, 15) is 14.7 Å². The van der Waals surface area contributed by atoms with E-state index in [0.717, 1.165) is 37.7 Å². The van der Waals surface area contributed by atoms with Crippen LogP contribution in [-0.4, -0.2) is 41.7 Å². The maximum Gasteiger partial charge on any atom is 0.237 e. The first-order valence-electron chi connectivity index (χ1n) is 14.2. The van der Waals surface area contributed by atoms with Crippen molar-refractivity contribution in [2.45, 2.75) is 88.8 Å². The summed E-state index contributed by atoms with van der Waals surface area (Å²) in [6.45, 7) is 6.75. The molecule has 40 heavy (non-hydrogen) atoms. The van der Waals surface area contributed by atoms with Gasteiger partial charge in [-0.2, -0.15) is 0 Å². The predicted molar refractivity (Wildman–Crippen MR) is 156 cm³/mol. The van der Waals surface area contributed by atoms with Crippen LogP contribution in [0.3, 0.4) is 0 Å². The number of amides is 2. The molecule has 1 saturated heterocycles. The molecule has 2 fully saturated rings. The molecule has 0 radical (unpaired) electrons. The molecule has 2 heterocycles. The lowest BCUT2D eigenvalue weighted by molar-refractivity contribution is -0.123. The summed E-state index contributed by atoms with van der Waals surface area (Å²) >= 11 is 12.5. The first kappa shape index (κ1) is 29.3. The number of halogens is 3. The van der Waals surface area contributed by atoms with Crippen LogP contribution in [0.25, 0.3) is 0 Å². The Morgan fingerprint density at radius 2 is 1.98 bits per heavy atom. The van der Waals surface area contributed by atoms with Gasteiger partial charge >= 0.3 is 0 Å². The van der Waals surface area contributed by atoms with Crippen molar-refractivity contribution in [3.05, 3.63) is 63.4 Å². The van der Waals surface area contributed by atoms with Crippen LogP contribution in [-0.2, 0) is 15.0 Å². The van der Waals surface area contributed by atoms with Gasteiger partial charge in [0.05, 0.1) is 17.2 Å². The highest BCUT2D eigenvalue weighted by molar-refractivity contribution is 6.31. The van der Waals surface area contributed by atoms with Crippen LogP contribution in [0, 0.1) is 17.2 Å². The van der Waals surface area contributed by atoms with Gasteiger partial charge in [0.1, 0.15) is 11.2 Å². The summed E-state index contributed by atoms with van der Waals surface area (Å²) in [5.41, 5.74) is 0.232. The second-order valence-corrected chi connectivity index (χ2v) is 13.7. The summed E-state index contributed by atoms with van der Waals surface area (Å²) in [5.74, 6) is -1.27. The number of carbonyl (C=O) groups excluding carboxylic acids is 2. The first-order valence-corrected chi connectivity index (χ1v) is 14.9. The Balaban J connectivity index is 1.53. The molecule has 2 aromatic rings. The molecule has 4 N–H and O–H groups in total. The normalized spacial score (nSPS) is 29.6. The standard InChI is InChI=1S/C31H38Cl2FN3O3/c1-30(2,3)16-25-31(21-14-23(34)22(33)15-24(21)36-29(31)40)26(18-7-4-8-19(32)13-18)27(37-25)28(39)35-11-5-6-17-9-10-20(38)12-17/h4,7-8,13-15,17,20,25-27,37-38H,5-6,9-12,16H2,1-3H3,(H,35,39)(H,36,40)/t17-,20-,25-,26+,27-,31+/m1/s1. The third kappa shape index (κ3) is 5.50. The number of anilines is 1. The lowest BCUT2D eigenvalue weighted by atomic mass is 9.62. The van der Waals surface area contributed by atoms with Gasteiger partial charge in [-0.3, -0.25) is 9.59 Å². The zero-order chi connectivity index (χ0) is 28.8. The van der Waals surface area contributed by atoms with Gasteiger partial charge < -0.3 is 21.1 Å². The van der Waals surface area contributed by atoms with E-state index in [-0.39, 0.29) is 28.4 Å². The number of benzene rings is 2. The molecule has 3 aliphatic rings. The second-order valence-electron chi connectivity index (χ2n) is 12.9. The molecule has 5 rings (SSSR count). The highest BCUT2D eigenvalue weighted by atomic mass is 35.5. The monoisotopic (exact) mass is 589 g/mol. The van der Waals surface area contributed by atoms with Crippen LogP contribution in [0.5, 0.6) is 0 Å². The van der Waals surface area contributed by atoms with Gasteiger partial charge in [0.2, 0.25) is 11.8 Å². The summed E-state index contributed by atoms with van der Waals surface area (Å²) in [4.78, 5) is 28.0. The van der Waals surface area contributed by atoms with Gasteiger partial charge in [-0.05, 0) is 85.3 Å². The fraction of sp³-hybridized carbons (Fsp3) is 0.548. The Morgan fingerprint density at radius 1 is 1.20 bits per heavy atom. The van der Waals surface area contributed by atoms with Crippen LogP contribution in [0.15, 0.2) is 36.4 Å². The van der Waals surface area contributed by atoms with Crippen LogP contribution in [0.4, 0.5) is 10.1 Å². The number of hydrogen-bond donors (Lipinski definition) is 4. The molecule has 216 valence electrons. The Hall–Kier alpha value is -2.19. The van der Waals surface area contributed by atoms with Gasteiger partial charge in [-0.25, -0.2) is 4.39 Å². The smallest absolute Gasteiger partial charge is 0.237 e. The molecule has 1 aliphatic carbocycles. The molecule has 2 amide bonds. The van der Waals surface area contributed by atoms with E-state index in [2.05, 4.69) is 36.7 Å². The molecule has 0 unspecified atom stereocenters. The van der Waals surface area contributed by atoms with Crippen molar-refractivity contribution in [1.29, 1.82) is 0 Å². The number of hydrogen-bond acceptors (Lipinski definition) is 4. The van der Waals surface area contributed by atoms with Crippen molar-refractivity contribution in [2.75, 3.05) is 11.9 Å². The number of carbonyl (C=O) groups is 2. The van der Waals surface area contributed by atoms with Crippen molar-refractivity contribution in [2.24, 2.45) is 11.3 Å². The average Bonchev–Trinajstić information content (AvgIpc) is 3.51. The fourth-order valence-electron chi connectivity index (χ4n) is 7.16. The maximum absolute atomic E-state index is 15.0. The van der Waals surface area contributed by atoms with Gasteiger partial charge in [-0.15, -0.1) is 0 Å². The largest absolute Gasteiger partial charge is 0.393 e. The highest BCUT2D eigenvalue weighted by Gasteiger charge is 2.65. The lowest BCUT2D eigenvalue weighted by Crippen LogP contribution is -2.49. The van der Waals surface area contributed by atoms with E-state index in [1.807, 2.05) is 12.1 Å². The third-order valence-corrected chi connectivity index (χ3v) is 9.32. The Morgan fingerprint density at radius 3 is 2.65 bits per heavy atom. The minimum atomic E-state index is -1.26. The minimum Gasteiger partial charge on any atom is -0.393 e. The Labute approximate surface area is 245 Å². The van der Waals surface area contributed by atoms with E-state index in [4.69, 9.17) is 23.2 Å². The van der Waals surface area contributed by atoms with E-state index in [1.165, 1.54) is 12.1 Å². The van der Waals surface area contributed by atoms with Crippen LogP contribution >= 0.6 is 23.2 Å². The molecule has 0 bridgehead atoms. The SMILES string of the molecule is CC(C)(C)C[C@H]1N[C@@H](C(=O)NCCC[C@@H]2CC[C@@H](O)C2)[C@H](c2cccc(Cl)c2)[C@@]12C(=O)Nc1cc(Cl)c(F)cc12. The molecular weight excluding hydrogens is 552 g/mol. The number of aliphatic hydroxyl groups excluding tert-OH is 1. The summed E-state index contributed by atoms with van der Waals surface area (Å²) in [6, 6.07) is 8.81. The van der Waals surface area contributed by atoms with E-state index >= 15 is 4.39 Å².